The van der Waals surface area contributed by atoms with Crippen LogP contribution in [0.1, 0.15) is 18.9 Å². The number of anilines is 1. The molecule has 2 heterocycles. The molecule has 2 aromatic rings. The van der Waals surface area contributed by atoms with Crippen LogP contribution < -0.4 is 4.90 Å². The number of rotatable bonds is 2. The predicted octanol–water partition coefficient (Wildman–Crippen LogP) is 2.57. The molecule has 0 radical (unpaired) electrons. The number of carbonyl (C=O) groups excluding carboxylic acids is 1. The van der Waals surface area contributed by atoms with Crippen molar-refractivity contribution in [3.63, 3.8) is 0 Å². The van der Waals surface area contributed by atoms with E-state index in [4.69, 9.17) is 0 Å². The summed E-state index contributed by atoms with van der Waals surface area (Å²) in [4.78, 5) is 13.7. The monoisotopic (exact) mass is 286 g/mol. The largest absolute Gasteiger partial charge is 0.494 e. The Labute approximate surface area is 123 Å². The van der Waals surface area contributed by atoms with E-state index in [2.05, 4.69) is 6.92 Å². The fourth-order valence-corrected chi connectivity index (χ4v) is 2.80. The second kappa shape index (κ2) is 4.84. The van der Waals surface area contributed by atoms with Gasteiger partial charge in [0, 0.05) is 30.3 Å². The zero-order valence-electron chi connectivity index (χ0n) is 12.1. The summed E-state index contributed by atoms with van der Waals surface area (Å²) in [6.45, 7) is 4.47. The average Bonchev–Trinajstić information content (AvgIpc) is 2.89. The van der Waals surface area contributed by atoms with Crippen LogP contribution in [0.2, 0.25) is 0 Å². The van der Waals surface area contributed by atoms with Crippen molar-refractivity contribution in [1.29, 1.82) is 0 Å². The van der Waals surface area contributed by atoms with Gasteiger partial charge in [-0.05, 0) is 31.0 Å². The van der Waals surface area contributed by atoms with Crippen LogP contribution in [0.3, 0.4) is 0 Å². The van der Waals surface area contributed by atoms with Crippen molar-refractivity contribution >= 4 is 11.6 Å². The summed E-state index contributed by atoms with van der Waals surface area (Å²) in [5.41, 5.74) is 2.01. The van der Waals surface area contributed by atoms with E-state index >= 15 is 0 Å². The second-order valence-electron chi connectivity index (χ2n) is 5.68. The molecule has 1 amide bonds. The number of nitrogens with zero attached hydrogens (tertiary/aromatic N) is 2. The van der Waals surface area contributed by atoms with Crippen molar-refractivity contribution in [1.82, 2.24) is 4.57 Å². The second-order valence-corrected chi connectivity index (χ2v) is 5.68. The van der Waals surface area contributed by atoms with Crippen LogP contribution in [-0.4, -0.2) is 27.2 Å². The van der Waals surface area contributed by atoms with Crippen molar-refractivity contribution in [2.75, 3.05) is 11.4 Å². The Balaban J connectivity index is 2.03. The molecule has 1 aliphatic rings. The van der Waals surface area contributed by atoms with Crippen molar-refractivity contribution in [2.24, 2.45) is 5.92 Å². The van der Waals surface area contributed by atoms with E-state index < -0.39 is 0 Å². The van der Waals surface area contributed by atoms with Gasteiger partial charge in [-0.2, -0.15) is 0 Å². The third kappa shape index (κ3) is 2.24. The Morgan fingerprint density at radius 1 is 1.19 bits per heavy atom. The maximum absolute atomic E-state index is 12.0. The lowest BCUT2D eigenvalue weighted by molar-refractivity contribution is -0.117. The van der Waals surface area contributed by atoms with Gasteiger partial charge in [0.2, 0.25) is 11.8 Å². The van der Waals surface area contributed by atoms with Crippen molar-refractivity contribution in [3.8, 4) is 17.4 Å². The van der Waals surface area contributed by atoms with Crippen LogP contribution in [0.15, 0.2) is 30.3 Å². The third-order valence-corrected chi connectivity index (χ3v) is 3.86. The number of aryl methyl sites for hydroxylation is 1. The lowest BCUT2D eigenvalue weighted by atomic mass is 10.2. The molecule has 2 N–H and O–H groups in total. The van der Waals surface area contributed by atoms with Gasteiger partial charge in [0.05, 0.1) is 5.69 Å². The van der Waals surface area contributed by atoms with Crippen LogP contribution in [-0.2, 0) is 4.79 Å². The number of benzene rings is 1. The molecule has 5 heteroatoms. The van der Waals surface area contributed by atoms with Gasteiger partial charge in [-0.25, -0.2) is 0 Å². The Hall–Kier alpha value is -2.43. The van der Waals surface area contributed by atoms with Gasteiger partial charge in [0.25, 0.3) is 0 Å². The summed E-state index contributed by atoms with van der Waals surface area (Å²) in [5, 5.41) is 20.0. The fraction of sp³-hybridized carbons (Fsp3) is 0.312. The molecule has 1 atom stereocenters. The van der Waals surface area contributed by atoms with Crippen LogP contribution >= 0.6 is 0 Å². The van der Waals surface area contributed by atoms with Gasteiger partial charge in [0.15, 0.2) is 5.88 Å². The molecule has 1 unspecified atom stereocenters. The van der Waals surface area contributed by atoms with Gasteiger partial charge < -0.3 is 15.1 Å². The number of aromatic nitrogens is 1. The Morgan fingerprint density at radius 2 is 1.90 bits per heavy atom. The van der Waals surface area contributed by atoms with Gasteiger partial charge in [-0.1, -0.05) is 13.0 Å². The van der Waals surface area contributed by atoms with E-state index in [1.54, 1.807) is 24.0 Å². The molecule has 21 heavy (non-hydrogen) atoms. The maximum atomic E-state index is 12.0. The first-order valence-electron chi connectivity index (χ1n) is 6.98. The summed E-state index contributed by atoms with van der Waals surface area (Å²) in [6, 6.07) is 8.77. The highest BCUT2D eigenvalue weighted by atomic mass is 16.3. The van der Waals surface area contributed by atoms with E-state index in [0.717, 1.165) is 5.69 Å². The number of amides is 1. The molecule has 0 bridgehead atoms. The van der Waals surface area contributed by atoms with Crippen molar-refractivity contribution in [3.05, 3.63) is 35.9 Å². The van der Waals surface area contributed by atoms with E-state index in [0.29, 0.717) is 30.1 Å². The minimum Gasteiger partial charge on any atom is -0.494 e. The van der Waals surface area contributed by atoms with E-state index in [9.17, 15) is 15.0 Å². The molecule has 1 saturated heterocycles. The molecular weight excluding hydrogens is 268 g/mol. The first kappa shape index (κ1) is 13.5. The quantitative estimate of drug-likeness (QED) is 0.891. The Morgan fingerprint density at radius 3 is 2.48 bits per heavy atom. The molecule has 3 rings (SSSR count). The van der Waals surface area contributed by atoms with Gasteiger partial charge in [0.1, 0.15) is 0 Å². The average molecular weight is 286 g/mol. The molecular formula is C16H18N2O3. The standard InChI is InChI=1S/C16H18N2O3/c1-10-6-14(19)17(9-10)12-4-3-5-13(8-12)18-15(20)7-11(2)16(18)21/h3-5,7-8,10,20-21H,6,9H2,1-2H3. The van der Waals surface area contributed by atoms with Gasteiger partial charge in [-0.15, -0.1) is 0 Å². The Kier molecular flexibility index (Phi) is 3.12. The number of hydrogen-bond acceptors (Lipinski definition) is 3. The van der Waals surface area contributed by atoms with Gasteiger partial charge >= 0.3 is 0 Å². The minimum absolute atomic E-state index is 0.00534. The molecule has 1 aromatic heterocycles. The highest BCUT2D eigenvalue weighted by Crippen LogP contribution is 2.33. The highest BCUT2D eigenvalue weighted by Gasteiger charge is 2.27. The third-order valence-electron chi connectivity index (χ3n) is 3.86. The van der Waals surface area contributed by atoms with Crippen LogP contribution in [0, 0.1) is 12.8 Å². The van der Waals surface area contributed by atoms with E-state index in [1.165, 1.54) is 10.6 Å². The molecule has 5 nitrogen and oxygen atoms in total. The van der Waals surface area contributed by atoms with Crippen LogP contribution in [0.25, 0.3) is 5.69 Å². The van der Waals surface area contributed by atoms with E-state index in [-0.39, 0.29) is 17.7 Å². The predicted molar refractivity (Wildman–Crippen MR) is 80.0 cm³/mol. The minimum atomic E-state index is -0.0248. The zero-order valence-corrected chi connectivity index (χ0v) is 12.1. The summed E-state index contributed by atoms with van der Waals surface area (Å²) in [5.74, 6) is 0.433. The van der Waals surface area contributed by atoms with E-state index in [1.807, 2.05) is 12.1 Å². The molecule has 0 saturated carbocycles. The highest BCUT2D eigenvalue weighted by molar-refractivity contribution is 5.95. The molecule has 0 spiro atoms. The van der Waals surface area contributed by atoms with Crippen molar-refractivity contribution in [2.45, 2.75) is 20.3 Å². The van der Waals surface area contributed by atoms with Crippen LogP contribution in [0.4, 0.5) is 5.69 Å². The molecule has 0 aliphatic carbocycles. The Bertz CT molecular complexity index is 706. The van der Waals surface area contributed by atoms with Crippen molar-refractivity contribution < 1.29 is 15.0 Å². The number of carbonyl (C=O) groups is 1. The molecule has 1 aliphatic heterocycles. The maximum Gasteiger partial charge on any atom is 0.227 e. The summed E-state index contributed by atoms with van der Waals surface area (Å²) in [6.07, 6.45) is 0.559. The molecule has 1 aromatic carbocycles. The normalized spacial score (nSPS) is 18.5. The first-order chi connectivity index (χ1) is 9.97. The number of aromatic hydroxyl groups is 2. The molecule has 1 fully saturated rings. The molecule has 110 valence electrons. The summed E-state index contributed by atoms with van der Waals surface area (Å²) < 4.78 is 1.36. The number of hydrogen-bond donors (Lipinski definition) is 2. The lowest BCUT2D eigenvalue weighted by Crippen LogP contribution is -2.24. The topological polar surface area (TPSA) is 65.7 Å². The fourth-order valence-electron chi connectivity index (χ4n) is 2.80. The zero-order chi connectivity index (χ0) is 15.1. The summed E-state index contributed by atoms with van der Waals surface area (Å²) >= 11 is 0. The summed E-state index contributed by atoms with van der Waals surface area (Å²) in [7, 11) is 0. The first-order valence-corrected chi connectivity index (χ1v) is 6.98. The van der Waals surface area contributed by atoms with Gasteiger partial charge in [-0.3, -0.25) is 9.36 Å². The lowest BCUT2D eigenvalue weighted by Gasteiger charge is -2.18. The van der Waals surface area contributed by atoms with Crippen LogP contribution in [0.5, 0.6) is 11.8 Å². The SMILES string of the molecule is Cc1cc(O)n(-c2cccc(N3CC(C)CC3=O)c2)c1O. The smallest absolute Gasteiger partial charge is 0.227 e.